The second kappa shape index (κ2) is 1.52. The molecule has 1 aliphatic rings. The van der Waals surface area contributed by atoms with Gasteiger partial charge in [-0.2, -0.15) is 0 Å². The van der Waals surface area contributed by atoms with Crippen LogP contribution >= 0.6 is 0 Å². The van der Waals surface area contributed by atoms with Gasteiger partial charge in [0, 0.05) is 0 Å². The van der Waals surface area contributed by atoms with E-state index in [1.807, 2.05) is 0 Å². The molecule has 0 saturated heterocycles. The zero-order valence-electron chi connectivity index (χ0n) is 4.02. The van der Waals surface area contributed by atoms with E-state index in [9.17, 15) is 4.79 Å². The van der Waals surface area contributed by atoms with Crippen LogP contribution in [0, 0.1) is 6.92 Å². The van der Waals surface area contributed by atoms with Crippen molar-refractivity contribution < 1.29 is 9.53 Å². The van der Waals surface area contributed by atoms with Gasteiger partial charge in [-0.25, -0.2) is 0 Å². The highest BCUT2D eigenvalue weighted by Crippen LogP contribution is 2.22. The molecule has 0 spiro atoms. The third-order valence-corrected chi connectivity index (χ3v) is 0.822. The Labute approximate surface area is 42.5 Å². The average molecular weight is 99.1 g/mol. The highest BCUT2D eigenvalue weighted by molar-refractivity contribution is 5.74. The third-order valence-electron chi connectivity index (χ3n) is 0.822. The lowest BCUT2D eigenvalue weighted by Gasteiger charge is -1.92. The fourth-order valence-electron chi connectivity index (χ4n) is 0.372. The van der Waals surface area contributed by atoms with E-state index in [4.69, 9.17) is 0 Å². The van der Waals surface area contributed by atoms with Crippen molar-refractivity contribution in [3.8, 4) is 0 Å². The number of hydrogen-bond acceptors (Lipinski definition) is 2. The number of ether oxygens (including phenoxy) is 1. The Bertz CT molecular complexity index is 84.1. The maximum Gasteiger partial charge on any atom is 0.306 e. The molecule has 0 unspecified atom stereocenters. The first-order valence-electron chi connectivity index (χ1n) is 2.31. The SMILES string of the molecule is [CH2]C(=O)OC1CC1. The Morgan fingerprint density at radius 1 is 1.71 bits per heavy atom. The van der Waals surface area contributed by atoms with Crippen LogP contribution in [0.4, 0.5) is 0 Å². The van der Waals surface area contributed by atoms with Gasteiger partial charge in [0.25, 0.3) is 0 Å². The van der Waals surface area contributed by atoms with Crippen molar-refractivity contribution in [1.82, 2.24) is 0 Å². The van der Waals surface area contributed by atoms with Gasteiger partial charge in [-0.1, -0.05) is 0 Å². The van der Waals surface area contributed by atoms with E-state index in [-0.39, 0.29) is 6.10 Å². The lowest BCUT2D eigenvalue weighted by atomic mass is 10.7. The molecular weight excluding hydrogens is 92.1 g/mol. The summed E-state index contributed by atoms with van der Waals surface area (Å²) in [5.41, 5.74) is 0. The first-order valence-corrected chi connectivity index (χ1v) is 2.31. The Morgan fingerprint density at radius 2 is 2.29 bits per heavy atom. The van der Waals surface area contributed by atoms with Crippen LogP contribution in [-0.2, 0) is 9.53 Å². The zero-order chi connectivity index (χ0) is 5.28. The molecule has 1 rings (SSSR count). The van der Waals surface area contributed by atoms with Crippen LogP contribution in [-0.4, -0.2) is 12.1 Å². The highest BCUT2D eigenvalue weighted by atomic mass is 16.5. The van der Waals surface area contributed by atoms with Crippen molar-refractivity contribution in [2.24, 2.45) is 0 Å². The number of carbonyl (C=O) groups excluding carboxylic acids is 1. The Kier molecular flexibility index (Phi) is 1.01. The van der Waals surface area contributed by atoms with E-state index in [0.29, 0.717) is 0 Å². The largest absolute Gasteiger partial charge is 0.462 e. The van der Waals surface area contributed by atoms with Crippen LogP contribution in [0.1, 0.15) is 12.8 Å². The number of hydrogen-bond donors (Lipinski definition) is 0. The number of carbonyl (C=O) groups is 1. The predicted octanol–water partition coefficient (Wildman–Crippen LogP) is 0.526. The molecule has 7 heavy (non-hydrogen) atoms. The molecule has 1 aliphatic carbocycles. The molecule has 1 radical (unpaired) electrons. The van der Waals surface area contributed by atoms with Crippen molar-refractivity contribution >= 4 is 5.97 Å². The molecule has 0 aromatic heterocycles. The van der Waals surface area contributed by atoms with E-state index >= 15 is 0 Å². The molecule has 0 aromatic rings. The summed E-state index contributed by atoms with van der Waals surface area (Å²) < 4.78 is 4.61. The zero-order valence-corrected chi connectivity index (χ0v) is 4.02. The van der Waals surface area contributed by atoms with Crippen LogP contribution in [0.5, 0.6) is 0 Å². The molecule has 2 heteroatoms. The maximum atomic E-state index is 9.96. The molecule has 0 atom stereocenters. The minimum absolute atomic E-state index is 0.213. The van der Waals surface area contributed by atoms with Crippen LogP contribution in [0.3, 0.4) is 0 Å². The van der Waals surface area contributed by atoms with Gasteiger partial charge in [0.2, 0.25) is 0 Å². The quantitative estimate of drug-likeness (QED) is 0.448. The van der Waals surface area contributed by atoms with Crippen molar-refractivity contribution in [2.75, 3.05) is 0 Å². The molecule has 0 aliphatic heterocycles. The molecule has 1 saturated carbocycles. The van der Waals surface area contributed by atoms with Crippen LogP contribution in [0.15, 0.2) is 0 Å². The predicted molar refractivity (Wildman–Crippen MR) is 24.5 cm³/mol. The van der Waals surface area contributed by atoms with Crippen molar-refractivity contribution in [2.45, 2.75) is 18.9 Å². The monoisotopic (exact) mass is 99.0 g/mol. The van der Waals surface area contributed by atoms with Crippen LogP contribution < -0.4 is 0 Å². The topological polar surface area (TPSA) is 26.3 Å². The van der Waals surface area contributed by atoms with E-state index in [1.54, 1.807) is 0 Å². The average Bonchev–Trinajstić information content (AvgIpc) is 2.17. The van der Waals surface area contributed by atoms with Gasteiger partial charge >= 0.3 is 5.97 Å². The number of rotatable bonds is 1. The summed E-state index contributed by atoms with van der Waals surface area (Å²) in [5, 5.41) is 0. The van der Waals surface area contributed by atoms with Gasteiger partial charge in [-0.05, 0) is 12.8 Å². The summed E-state index contributed by atoms with van der Waals surface area (Å²) in [5.74, 6) is -0.400. The van der Waals surface area contributed by atoms with Crippen molar-refractivity contribution in [3.63, 3.8) is 0 Å². The van der Waals surface area contributed by atoms with E-state index in [2.05, 4.69) is 11.7 Å². The minimum atomic E-state index is -0.400. The first-order chi connectivity index (χ1) is 3.29. The summed E-state index contributed by atoms with van der Waals surface area (Å²) in [7, 11) is 0. The molecule has 0 amide bonds. The summed E-state index contributed by atoms with van der Waals surface area (Å²) in [4.78, 5) is 9.96. The standard InChI is InChI=1S/C5H7O2/c1-4(6)7-5-2-3-5/h5H,1-3H2. The second-order valence-corrected chi connectivity index (χ2v) is 1.69. The Balaban J connectivity index is 2.08. The molecule has 2 nitrogen and oxygen atoms in total. The van der Waals surface area contributed by atoms with E-state index in [1.165, 1.54) is 0 Å². The van der Waals surface area contributed by atoms with Gasteiger partial charge < -0.3 is 4.74 Å². The van der Waals surface area contributed by atoms with Gasteiger partial charge in [0.1, 0.15) is 6.10 Å². The second-order valence-electron chi connectivity index (χ2n) is 1.69. The normalized spacial score (nSPS) is 19.0. The lowest BCUT2D eigenvalue weighted by Crippen LogP contribution is -1.99. The molecule has 0 aromatic carbocycles. The fourth-order valence-corrected chi connectivity index (χ4v) is 0.372. The summed E-state index contributed by atoms with van der Waals surface area (Å²) >= 11 is 0. The fraction of sp³-hybridized carbons (Fsp3) is 0.600. The summed E-state index contributed by atoms with van der Waals surface area (Å²) in [6, 6.07) is 0. The lowest BCUT2D eigenvalue weighted by molar-refractivity contribution is -0.139. The molecule has 39 valence electrons. The molecular formula is C5H7O2. The Morgan fingerprint density at radius 3 is 2.43 bits per heavy atom. The molecule has 1 fully saturated rings. The van der Waals surface area contributed by atoms with Gasteiger partial charge in [-0.15, -0.1) is 0 Å². The molecule has 0 bridgehead atoms. The molecule has 0 heterocycles. The number of esters is 1. The Hall–Kier alpha value is -0.530. The van der Waals surface area contributed by atoms with Crippen molar-refractivity contribution in [3.05, 3.63) is 6.92 Å². The van der Waals surface area contributed by atoms with Gasteiger partial charge in [0.15, 0.2) is 0 Å². The summed E-state index contributed by atoms with van der Waals surface area (Å²) in [6.45, 7) is 3.06. The van der Waals surface area contributed by atoms with Crippen LogP contribution in [0.25, 0.3) is 0 Å². The van der Waals surface area contributed by atoms with E-state index < -0.39 is 5.97 Å². The van der Waals surface area contributed by atoms with Gasteiger partial charge in [-0.3, -0.25) is 4.79 Å². The highest BCUT2D eigenvalue weighted by Gasteiger charge is 2.24. The first kappa shape index (κ1) is 4.62. The van der Waals surface area contributed by atoms with E-state index in [0.717, 1.165) is 12.8 Å². The third kappa shape index (κ3) is 1.57. The maximum absolute atomic E-state index is 9.96. The smallest absolute Gasteiger partial charge is 0.306 e. The van der Waals surface area contributed by atoms with Crippen molar-refractivity contribution in [1.29, 1.82) is 0 Å². The van der Waals surface area contributed by atoms with Gasteiger partial charge in [0.05, 0.1) is 6.92 Å². The molecule has 0 N–H and O–H groups in total. The summed E-state index contributed by atoms with van der Waals surface area (Å²) in [6.07, 6.45) is 2.27. The minimum Gasteiger partial charge on any atom is -0.462 e. The van der Waals surface area contributed by atoms with Crippen LogP contribution in [0.2, 0.25) is 0 Å².